The average Bonchev–Trinajstić information content (AvgIpc) is 2.26. The van der Waals surface area contributed by atoms with E-state index in [1.54, 1.807) is 18.2 Å². The molecular weight excluding hydrogens is 286 g/mol. The van der Waals surface area contributed by atoms with E-state index in [2.05, 4.69) is 21.2 Å². The van der Waals surface area contributed by atoms with Crippen molar-refractivity contribution >= 4 is 28.1 Å². The fraction of sp³-hybridized carbons (Fsp3) is 0.333. The maximum atomic E-state index is 11.4. The lowest BCUT2D eigenvalue weighted by Crippen LogP contribution is -2.34. The van der Waals surface area contributed by atoms with E-state index in [0.717, 1.165) is 0 Å². The molecule has 0 aliphatic heterocycles. The van der Waals surface area contributed by atoms with Crippen molar-refractivity contribution in [2.24, 2.45) is 0 Å². The van der Waals surface area contributed by atoms with Crippen molar-refractivity contribution in [3.63, 3.8) is 0 Å². The number of carbonyl (C=O) groups excluding carboxylic acids is 2. The lowest BCUT2D eigenvalue weighted by Gasteiger charge is -2.12. The fourth-order valence-corrected chi connectivity index (χ4v) is 1.77. The Morgan fingerprint density at radius 3 is 2.82 bits per heavy atom. The molecule has 4 nitrogen and oxygen atoms in total. The highest BCUT2D eigenvalue weighted by Gasteiger charge is 2.10. The van der Waals surface area contributed by atoms with Crippen LogP contribution in [0, 0.1) is 0 Å². The molecule has 17 heavy (non-hydrogen) atoms. The first-order valence-electron chi connectivity index (χ1n) is 5.20. The third kappa shape index (κ3) is 4.19. The Hall–Kier alpha value is -1.36. The van der Waals surface area contributed by atoms with Gasteiger partial charge in [-0.15, -0.1) is 0 Å². The van der Waals surface area contributed by atoms with Gasteiger partial charge in [0.25, 0.3) is 5.91 Å². The molecule has 0 saturated carbocycles. The zero-order valence-electron chi connectivity index (χ0n) is 9.70. The highest BCUT2D eigenvalue weighted by molar-refractivity contribution is 9.10. The van der Waals surface area contributed by atoms with Gasteiger partial charge in [0.2, 0.25) is 0 Å². The molecule has 92 valence electrons. The summed E-state index contributed by atoms with van der Waals surface area (Å²) in [5.74, 6) is 0.175. The standard InChI is InChI=1S/C12H14BrNO3/c1-8(2)14-11(16)7-17-12-9(6-15)4-3-5-10(12)13/h3-6,8H,7H2,1-2H3,(H,14,16). The lowest BCUT2D eigenvalue weighted by molar-refractivity contribution is -0.123. The summed E-state index contributed by atoms with van der Waals surface area (Å²) in [7, 11) is 0. The van der Waals surface area contributed by atoms with Crippen LogP contribution in [0.3, 0.4) is 0 Å². The van der Waals surface area contributed by atoms with Crippen LogP contribution in [0.1, 0.15) is 24.2 Å². The number of hydrogen-bond acceptors (Lipinski definition) is 3. The first-order valence-corrected chi connectivity index (χ1v) is 5.99. The summed E-state index contributed by atoms with van der Waals surface area (Å²) >= 11 is 3.27. The maximum Gasteiger partial charge on any atom is 0.258 e. The average molecular weight is 300 g/mol. The summed E-state index contributed by atoms with van der Waals surface area (Å²) in [6, 6.07) is 5.18. The molecule has 0 fully saturated rings. The molecule has 0 unspecified atom stereocenters. The minimum atomic E-state index is -0.215. The number of halogens is 1. The third-order valence-electron chi connectivity index (χ3n) is 1.92. The smallest absolute Gasteiger partial charge is 0.258 e. The normalized spacial score (nSPS) is 10.1. The van der Waals surface area contributed by atoms with Gasteiger partial charge in [0.05, 0.1) is 10.0 Å². The fourth-order valence-electron chi connectivity index (χ4n) is 1.27. The summed E-state index contributed by atoms with van der Waals surface area (Å²) in [5.41, 5.74) is 0.414. The molecule has 1 amide bonds. The summed E-state index contributed by atoms with van der Waals surface area (Å²) in [6.07, 6.45) is 0.695. The summed E-state index contributed by atoms with van der Waals surface area (Å²) in [5, 5.41) is 2.70. The summed E-state index contributed by atoms with van der Waals surface area (Å²) in [6.45, 7) is 3.63. The minimum absolute atomic E-state index is 0.0656. The van der Waals surface area contributed by atoms with Gasteiger partial charge in [-0.2, -0.15) is 0 Å². The predicted octanol–water partition coefficient (Wildman–Crippen LogP) is 2.17. The van der Waals surface area contributed by atoms with E-state index in [1.807, 2.05) is 13.8 Å². The summed E-state index contributed by atoms with van der Waals surface area (Å²) in [4.78, 5) is 22.2. The predicted molar refractivity (Wildman–Crippen MR) is 68.3 cm³/mol. The zero-order valence-corrected chi connectivity index (χ0v) is 11.3. The molecule has 0 aliphatic carbocycles. The van der Waals surface area contributed by atoms with Crippen LogP contribution in [-0.2, 0) is 4.79 Å². The number of carbonyl (C=O) groups is 2. The van der Waals surface area contributed by atoms with Crippen molar-refractivity contribution in [3.05, 3.63) is 28.2 Å². The van der Waals surface area contributed by atoms with E-state index in [4.69, 9.17) is 4.74 Å². The summed E-state index contributed by atoms with van der Waals surface area (Å²) < 4.78 is 5.98. The van der Waals surface area contributed by atoms with Gasteiger partial charge >= 0.3 is 0 Å². The van der Waals surface area contributed by atoms with E-state index in [-0.39, 0.29) is 18.6 Å². The molecule has 0 heterocycles. The Balaban J connectivity index is 2.69. The quantitative estimate of drug-likeness (QED) is 0.848. The molecular formula is C12H14BrNO3. The Kier molecular flexibility index (Phi) is 5.15. The molecule has 1 N–H and O–H groups in total. The highest BCUT2D eigenvalue weighted by Crippen LogP contribution is 2.27. The Morgan fingerprint density at radius 2 is 2.24 bits per heavy atom. The van der Waals surface area contributed by atoms with Gasteiger partial charge in [0.1, 0.15) is 5.75 Å². The molecule has 0 aromatic heterocycles. The van der Waals surface area contributed by atoms with Gasteiger partial charge in [-0.1, -0.05) is 6.07 Å². The molecule has 1 rings (SSSR count). The molecule has 0 aliphatic rings. The number of hydrogen-bond donors (Lipinski definition) is 1. The van der Waals surface area contributed by atoms with Crippen LogP contribution in [0.25, 0.3) is 0 Å². The Bertz CT molecular complexity index is 418. The number of benzene rings is 1. The second-order valence-corrected chi connectivity index (χ2v) is 4.64. The van der Waals surface area contributed by atoms with E-state index < -0.39 is 0 Å². The molecule has 0 saturated heterocycles. The minimum Gasteiger partial charge on any atom is -0.482 e. The van der Waals surface area contributed by atoms with Crippen molar-refractivity contribution in [3.8, 4) is 5.75 Å². The van der Waals surface area contributed by atoms with Crippen molar-refractivity contribution in [1.29, 1.82) is 0 Å². The first-order chi connectivity index (χ1) is 8.04. The van der Waals surface area contributed by atoms with E-state index in [9.17, 15) is 9.59 Å². The van der Waals surface area contributed by atoms with Crippen molar-refractivity contribution in [1.82, 2.24) is 5.32 Å². The van der Waals surface area contributed by atoms with Crippen LogP contribution < -0.4 is 10.1 Å². The topological polar surface area (TPSA) is 55.4 Å². The van der Waals surface area contributed by atoms with Crippen LogP contribution >= 0.6 is 15.9 Å². The van der Waals surface area contributed by atoms with Gasteiger partial charge in [0.15, 0.2) is 12.9 Å². The second-order valence-electron chi connectivity index (χ2n) is 3.79. The van der Waals surface area contributed by atoms with Crippen LogP contribution in [0.2, 0.25) is 0 Å². The number of nitrogens with one attached hydrogen (secondary N) is 1. The number of aldehydes is 1. The van der Waals surface area contributed by atoms with Crippen molar-refractivity contribution in [2.45, 2.75) is 19.9 Å². The third-order valence-corrected chi connectivity index (χ3v) is 2.55. The van der Waals surface area contributed by atoms with Gasteiger partial charge in [-0.05, 0) is 41.9 Å². The molecule has 0 spiro atoms. The zero-order chi connectivity index (χ0) is 12.8. The number of amides is 1. The van der Waals surface area contributed by atoms with Crippen molar-refractivity contribution < 1.29 is 14.3 Å². The monoisotopic (exact) mass is 299 g/mol. The largest absolute Gasteiger partial charge is 0.482 e. The number of ether oxygens (including phenoxy) is 1. The van der Waals surface area contributed by atoms with Crippen LogP contribution in [0.5, 0.6) is 5.75 Å². The number of rotatable bonds is 5. The van der Waals surface area contributed by atoms with Crippen LogP contribution in [0.4, 0.5) is 0 Å². The van der Waals surface area contributed by atoms with Crippen LogP contribution in [0.15, 0.2) is 22.7 Å². The highest BCUT2D eigenvalue weighted by atomic mass is 79.9. The first kappa shape index (κ1) is 13.7. The molecule has 5 heteroatoms. The van der Waals surface area contributed by atoms with Gasteiger partial charge in [0, 0.05) is 6.04 Å². The van der Waals surface area contributed by atoms with Gasteiger partial charge < -0.3 is 10.1 Å². The molecule has 0 radical (unpaired) electrons. The van der Waals surface area contributed by atoms with E-state index in [1.165, 1.54) is 0 Å². The van der Waals surface area contributed by atoms with Crippen LogP contribution in [-0.4, -0.2) is 24.8 Å². The van der Waals surface area contributed by atoms with E-state index >= 15 is 0 Å². The van der Waals surface area contributed by atoms with Gasteiger partial charge in [-0.3, -0.25) is 9.59 Å². The van der Waals surface area contributed by atoms with Gasteiger partial charge in [-0.25, -0.2) is 0 Å². The van der Waals surface area contributed by atoms with Crippen molar-refractivity contribution in [2.75, 3.05) is 6.61 Å². The Morgan fingerprint density at radius 1 is 1.53 bits per heavy atom. The maximum absolute atomic E-state index is 11.4. The molecule has 0 atom stereocenters. The Labute approximate surface area is 108 Å². The second kappa shape index (κ2) is 6.39. The SMILES string of the molecule is CC(C)NC(=O)COc1c(Br)cccc1C=O. The molecule has 0 bridgehead atoms. The lowest BCUT2D eigenvalue weighted by atomic mass is 10.2. The number of para-hydroxylation sites is 1. The molecule has 1 aromatic rings. The molecule has 1 aromatic carbocycles. The van der Waals surface area contributed by atoms with E-state index in [0.29, 0.717) is 22.1 Å².